The predicted molar refractivity (Wildman–Crippen MR) is 51.0 cm³/mol. The molecule has 0 saturated carbocycles. The van der Waals surface area contributed by atoms with Gasteiger partial charge in [0.15, 0.2) is 14.8 Å². The van der Waals surface area contributed by atoms with Crippen molar-refractivity contribution in [1.29, 1.82) is 0 Å². The molecule has 0 aromatic heterocycles. The Balaban J connectivity index is 2.80. The summed E-state index contributed by atoms with van der Waals surface area (Å²) in [5.74, 6) is 0. The fourth-order valence-corrected chi connectivity index (χ4v) is 1.91. The van der Waals surface area contributed by atoms with Gasteiger partial charge < -0.3 is 9.16 Å². The summed E-state index contributed by atoms with van der Waals surface area (Å²) in [4.78, 5) is 0. The Morgan fingerprint density at radius 3 is 2.73 bits per heavy atom. The maximum Gasteiger partial charge on any atom is 0.197 e. The molecular formula is C6H14Cl2O2Si. The lowest BCUT2D eigenvalue weighted by molar-refractivity contribution is 0.147. The van der Waals surface area contributed by atoms with Crippen LogP contribution in [0.1, 0.15) is 13.3 Å². The number of hydrogen-bond acceptors (Lipinski definition) is 2. The summed E-state index contributed by atoms with van der Waals surface area (Å²) in [5.41, 5.74) is 0. The fourth-order valence-electron chi connectivity index (χ4n) is 0.623. The van der Waals surface area contributed by atoms with Gasteiger partial charge in [0, 0.05) is 13.2 Å². The highest BCUT2D eigenvalue weighted by atomic mass is 35.5. The second-order valence-corrected chi connectivity index (χ2v) is 4.50. The Labute approximate surface area is 80.1 Å². The largest absolute Gasteiger partial charge is 0.397 e. The van der Waals surface area contributed by atoms with Crippen molar-refractivity contribution in [3.05, 3.63) is 0 Å². The minimum atomic E-state index is -0.631. The van der Waals surface area contributed by atoms with Crippen molar-refractivity contribution >= 4 is 33.0 Å². The third-order valence-electron chi connectivity index (χ3n) is 1.13. The van der Waals surface area contributed by atoms with E-state index in [4.69, 9.17) is 32.4 Å². The first-order chi connectivity index (χ1) is 5.27. The van der Waals surface area contributed by atoms with Gasteiger partial charge in [0.2, 0.25) is 0 Å². The number of ether oxygens (including phenoxy) is 1. The molecule has 2 nitrogen and oxygen atoms in total. The van der Waals surface area contributed by atoms with E-state index in [0.717, 1.165) is 25.7 Å². The highest BCUT2D eigenvalue weighted by molar-refractivity contribution is 6.45. The summed E-state index contributed by atoms with van der Waals surface area (Å²) < 4.78 is 10.2. The molecule has 0 aromatic carbocycles. The van der Waals surface area contributed by atoms with Crippen LogP contribution in [0.2, 0.25) is 6.04 Å². The molecule has 0 radical (unpaired) electrons. The second kappa shape index (κ2) is 8.81. The molecule has 0 aliphatic heterocycles. The standard InChI is InChI=1S/C6H14Cl2O2Si/c1-2-9-4-3-5-11-10-6(7)8/h6H,2-5,11H2,1H3. The topological polar surface area (TPSA) is 18.5 Å². The Morgan fingerprint density at radius 1 is 1.45 bits per heavy atom. The quantitative estimate of drug-likeness (QED) is 0.367. The first kappa shape index (κ1) is 11.7. The number of halogens is 2. The van der Waals surface area contributed by atoms with Crippen molar-refractivity contribution < 1.29 is 9.16 Å². The monoisotopic (exact) mass is 216 g/mol. The van der Waals surface area contributed by atoms with Gasteiger partial charge in [-0.3, -0.25) is 0 Å². The van der Waals surface area contributed by atoms with Crippen molar-refractivity contribution in [3.8, 4) is 0 Å². The lowest BCUT2D eigenvalue weighted by atomic mass is 10.5. The van der Waals surface area contributed by atoms with E-state index in [1.807, 2.05) is 6.92 Å². The first-order valence-electron chi connectivity index (χ1n) is 3.75. The van der Waals surface area contributed by atoms with Gasteiger partial charge in [-0.05, 0) is 19.4 Å². The Morgan fingerprint density at radius 2 is 2.18 bits per heavy atom. The summed E-state index contributed by atoms with van der Waals surface area (Å²) >= 11 is 10.7. The van der Waals surface area contributed by atoms with E-state index in [-0.39, 0.29) is 0 Å². The average molecular weight is 217 g/mol. The highest BCUT2D eigenvalue weighted by Crippen LogP contribution is 2.03. The molecule has 68 valence electrons. The summed E-state index contributed by atoms with van der Waals surface area (Å²) in [6, 6.07) is 1.08. The molecule has 0 spiro atoms. The van der Waals surface area contributed by atoms with E-state index in [9.17, 15) is 0 Å². The van der Waals surface area contributed by atoms with Crippen LogP contribution in [0.4, 0.5) is 0 Å². The maximum atomic E-state index is 5.36. The van der Waals surface area contributed by atoms with E-state index in [0.29, 0.717) is 0 Å². The Bertz CT molecular complexity index is 83.0. The molecule has 0 unspecified atom stereocenters. The molecule has 0 aliphatic rings. The third-order valence-corrected chi connectivity index (χ3v) is 3.16. The van der Waals surface area contributed by atoms with Crippen LogP contribution in [-0.4, -0.2) is 28.0 Å². The molecular weight excluding hydrogens is 203 g/mol. The van der Waals surface area contributed by atoms with Crippen molar-refractivity contribution in [2.45, 2.75) is 24.4 Å². The SMILES string of the molecule is CCOCCC[SiH2]OC(Cl)Cl. The molecule has 0 amide bonds. The predicted octanol–water partition coefficient (Wildman–Crippen LogP) is 1.69. The van der Waals surface area contributed by atoms with Gasteiger partial charge >= 0.3 is 0 Å². The van der Waals surface area contributed by atoms with Gasteiger partial charge in [0.25, 0.3) is 0 Å². The summed E-state index contributed by atoms with van der Waals surface area (Å²) in [5, 5.41) is -0.631. The minimum absolute atomic E-state index is 0.508. The lowest BCUT2D eigenvalue weighted by Gasteiger charge is -2.03. The molecule has 0 rings (SSSR count). The van der Waals surface area contributed by atoms with Crippen LogP contribution < -0.4 is 0 Å². The Kier molecular flexibility index (Phi) is 9.38. The van der Waals surface area contributed by atoms with E-state index in [1.54, 1.807) is 0 Å². The zero-order chi connectivity index (χ0) is 8.53. The van der Waals surface area contributed by atoms with Gasteiger partial charge in [-0.2, -0.15) is 0 Å². The van der Waals surface area contributed by atoms with Gasteiger partial charge in [-0.15, -0.1) is 0 Å². The fraction of sp³-hybridized carbons (Fsp3) is 1.00. The van der Waals surface area contributed by atoms with Gasteiger partial charge in [-0.25, -0.2) is 0 Å². The van der Waals surface area contributed by atoms with Crippen molar-refractivity contribution in [3.63, 3.8) is 0 Å². The average Bonchev–Trinajstić information content (AvgIpc) is 1.96. The maximum absolute atomic E-state index is 5.36. The Hall–Kier alpha value is 0.717. The van der Waals surface area contributed by atoms with Crippen LogP contribution in [0.15, 0.2) is 0 Å². The van der Waals surface area contributed by atoms with Crippen molar-refractivity contribution in [2.75, 3.05) is 13.2 Å². The second-order valence-electron chi connectivity index (χ2n) is 2.04. The first-order valence-corrected chi connectivity index (χ1v) is 6.20. The molecule has 0 fully saturated rings. The van der Waals surface area contributed by atoms with Crippen molar-refractivity contribution in [1.82, 2.24) is 0 Å². The van der Waals surface area contributed by atoms with Gasteiger partial charge in [0.1, 0.15) is 0 Å². The van der Waals surface area contributed by atoms with Crippen LogP contribution in [0.5, 0.6) is 0 Å². The zero-order valence-corrected chi connectivity index (χ0v) is 9.61. The molecule has 5 heteroatoms. The van der Waals surface area contributed by atoms with E-state index < -0.39 is 14.8 Å². The number of alkyl halides is 2. The smallest absolute Gasteiger partial charge is 0.197 e. The van der Waals surface area contributed by atoms with E-state index >= 15 is 0 Å². The van der Waals surface area contributed by atoms with Crippen LogP contribution in [0.3, 0.4) is 0 Å². The molecule has 0 aliphatic carbocycles. The molecule has 0 atom stereocenters. The zero-order valence-electron chi connectivity index (χ0n) is 6.69. The van der Waals surface area contributed by atoms with E-state index in [2.05, 4.69) is 0 Å². The summed E-state index contributed by atoms with van der Waals surface area (Å²) in [6.07, 6.45) is 1.06. The molecule has 0 N–H and O–H groups in total. The third kappa shape index (κ3) is 10.7. The summed E-state index contributed by atoms with van der Waals surface area (Å²) in [7, 11) is -0.508. The van der Waals surface area contributed by atoms with Crippen LogP contribution in [-0.2, 0) is 9.16 Å². The van der Waals surface area contributed by atoms with Crippen LogP contribution in [0.25, 0.3) is 0 Å². The normalized spacial score (nSPS) is 12.0. The molecule has 0 aromatic rings. The van der Waals surface area contributed by atoms with E-state index in [1.165, 1.54) is 0 Å². The molecule has 0 bridgehead atoms. The number of rotatable bonds is 7. The van der Waals surface area contributed by atoms with Crippen molar-refractivity contribution in [2.24, 2.45) is 0 Å². The van der Waals surface area contributed by atoms with Gasteiger partial charge in [0.05, 0.1) is 0 Å². The van der Waals surface area contributed by atoms with Crippen LogP contribution in [0, 0.1) is 0 Å². The molecule has 11 heavy (non-hydrogen) atoms. The lowest BCUT2D eigenvalue weighted by Crippen LogP contribution is -2.03. The summed E-state index contributed by atoms with van der Waals surface area (Å²) in [6.45, 7) is 3.60. The number of hydrogen-bond donors (Lipinski definition) is 0. The van der Waals surface area contributed by atoms with Crippen LogP contribution >= 0.6 is 23.2 Å². The highest BCUT2D eigenvalue weighted by Gasteiger charge is 1.96. The molecule has 0 saturated heterocycles. The molecule has 0 heterocycles. The minimum Gasteiger partial charge on any atom is -0.397 e. The van der Waals surface area contributed by atoms with Gasteiger partial charge in [-0.1, -0.05) is 23.2 Å².